The molecule has 3 heterocycles. The second-order valence-electron chi connectivity index (χ2n) is 7.01. The Balaban J connectivity index is 1.60. The van der Waals surface area contributed by atoms with E-state index in [1.165, 1.54) is 12.1 Å². The molecule has 9 heteroatoms. The summed E-state index contributed by atoms with van der Waals surface area (Å²) < 4.78 is 24.0. The average Bonchev–Trinajstić information content (AvgIpc) is 3.14. The molecule has 0 bridgehead atoms. The fourth-order valence-corrected chi connectivity index (χ4v) is 4.46. The topological polar surface area (TPSA) is 116 Å². The summed E-state index contributed by atoms with van der Waals surface area (Å²) in [6.07, 6.45) is 3.88. The predicted molar refractivity (Wildman–Crippen MR) is 111 cm³/mol. The Morgan fingerprint density at radius 3 is 2.66 bits per heavy atom. The Labute approximate surface area is 168 Å². The third kappa shape index (κ3) is 4.16. The number of nitrogens with zero attached hydrogens (tertiary/aromatic N) is 3. The first-order valence-electron chi connectivity index (χ1n) is 9.35. The molecule has 0 aliphatic carbocycles. The van der Waals surface area contributed by atoms with Gasteiger partial charge in [-0.3, -0.25) is 0 Å². The summed E-state index contributed by atoms with van der Waals surface area (Å²) in [6.45, 7) is 0.900. The van der Waals surface area contributed by atoms with Crippen molar-refractivity contribution in [3.8, 4) is 0 Å². The molecule has 4 rings (SSSR count). The molecule has 152 valence electrons. The van der Waals surface area contributed by atoms with Gasteiger partial charge in [-0.2, -0.15) is 0 Å². The molecule has 1 fully saturated rings. The van der Waals surface area contributed by atoms with Gasteiger partial charge in [0.05, 0.1) is 23.4 Å². The standard InChI is InChI=1S/C20H22N4O4S/c25-9-10-29(27,28)17-3-1-15(2-4-17)23-19-11-18-14(12-22-19)5-7-21-20(18)24-8-6-16(26)13-24/h1-5,7,11-12,16,25-26H,6,8-10,13H2,(H,22,23). The van der Waals surface area contributed by atoms with E-state index in [-0.39, 0.29) is 16.8 Å². The number of rotatable bonds is 6. The van der Waals surface area contributed by atoms with Crippen molar-refractivity contribution in [2.75, 3.05) is 35.7 Å². The van der Waals surface area contributed by atoms with Gasteiger partial charge in [-0.25, -0.2) is 18.4 Å². The second-order valence-corrected chi connectivity index (χ2v) is 9.11. The zero-order valence-corrected chi connectivity index (χ0v) is 16.5. The van der Waals surface area contributed by atoms with E-state index in [4.69, 9.17) is 5.11 Å². The lowest BCUT2D eigenvalue weighted by molar-refractivity contribution is 0.198. The Bertz CT molecular complexity index is 1120. The number of aliphatic hydroxyl groups excluding tert-OH is 2. The molecule has 2 aromatic heterocycles. The van der Waals surface area contributed by atoms with Crippen LogP contribution < -0.4 is 10.2 Å². The SMILES string of the molecule is O=S(=O)(CCO)c1ccc(Nc2cc3c(N4CCC(O)C4)nccc3cn2)cc1. The maximum Gasteiger partial charge on any atom is 0.180 e. The minimum Gasteiger partial charge on any atom is -0.395 e. The van der Waals surface area contributed by atoms with Gasteiger partial charge in [0.1, 0.15) is 11.6 Å². The van der Waals surface area contributed by atoms with Crippen molar-refractivity contribution in [3.05, 3.63) is 48.8 Å². The van der Waals surface area contributed by atoms with Crippen LogP contribution in [-0.4, -0.2) is 60.2 Å². The number of sulfone groups is 1. The van der Waals surface area contributed by atoms with Gasteiger partial charge in [-0.05, 0) is 42.8 Å². The van der Waals surface area contributed by atoms with E-state index in [9.17, 15) is 13.5 Å². The minimum atomic E-state index is -3.48. The average molecular weight is 414 g/mol. The number of benzene rings is 1. The van der Waals surface area contributed by atoms with Crippen molar-refractivity contribution in [1.82, 2.24) is 9.97 Å². The fourth-order valence-electron chi connectivity index (χ4n) is 3.44. The first kappa shape index (κ1) is 19.6. The molecule has 8 nitrogen and oxygen atoms in total. The van der Waals surface area contributed by atoms with Crippen molar-refractivity contribution in [1.29, 1.82) is 0 Å². The van der Waals surface area contributed by atoms with Crippen LogP contribution in [0.5, 0.6) is 0 Å². The van der Waals surface area contributed by atoms with Crippen molar-refractivity contribution >= 4 is 37.9 Å². The maximum atomic E-state index is 12.0. The number of aromatic nitrogens is 2. The van der Waals surface area contributed by atoms with Crippen LogP contribution >= 0.6 is 0 Å². The lowest BCUT2D eigenvalue weighted by atomic mass is 10.2. The van der Waals surface area contributed by atoms with Crippen molar-refractivity contribution in [3.63, 3.8) is 0 Å². The van der Waals surface area contributed by atoms with Gasteiger partial charge in [0, 0.05) is 41.9 Å². The van der Waals surface area contributed by atoms with Gasteiger partial charge in [-0.1, -0.05) is 0 Å². The maximum absolute atomic E-state index is 12.0. The van der Waals surface area contributed by atoms with E-state index in [1.54, 1.807) is 24.5 Å². The predicted octanol–water partition coefficient (Wildman–Crippen LogP) is 1.71. The van der Waals surface area contributed by atoms with Crippen molar-refractivity contribution in [2.24, 2.45) is 0 Å². The van der Waals surface area contributed by atoms with E-state index in [2.05, 4.69) is 20.2 Å². The van der Waals surface area contributed by atoms with Gasteiger partial charge >= 0.3 is 0 Å². The largest absolute Gasteiger partial charge is 0.395 e. The highest BCUT2D eigenvalue weighted by Crippen LogP contribution is 2.29. The number of hydrogen-bond acceptors (Lipinski definition) is 8. The lowest BCUT2D eigenvalue weighted by Gasteiger charge is -2.19. The summed E-state index contributed by atoms with van der Waals surface area (Å²) >= 11 is 0. The number of aliphatic hydroxyl groups is 2. The Kier molecular flexibility index (Phi) is 5.35. The summed E-state index contributed by atoms with van der Waals surface area (Å²) in [5, 5.41) is 23.8. The Morgan fingerprint density at radius 1 is 1.17 bits per heavy atom. The molecule has 0 saturated carbocycles. The monoisotopic (exact) mass is 414 g/mol. The van der Waals surface area contributed by atoms with E-state index in [0.717, 1.165) is 29.6 Å². The Hall–Kier alpha value is -2.75. The zero-order valence-electron chi connectivity index (χ0n) is 15.7. The van der Waals surface area contributed by atoms with Crippen LogP contribution in [0.1, 0.15) is 6.42 Å². The molecule has 3 N–H and O–H groups in total. The van der Waals surface area contributed by atoms with E-state index in [0.29, 0.717) is 18.1 Å². The van der Waals surface area contributed by atoms with Gasteiger partial charge < -0.3 is 20.4 Å². The highest BCUT2D eigenvalue weighted by molar-refractivity contribution is 7.91. The molecular formula is C20H22N4O4S. The highest BCUT2D eigenvalue weighted by Gasteiger charge is 2.23. The second kappa shape index (κ2) is 7.94. The molecule has 0 radical (unpaired) electrons. The van der Waals surface area contributed by atoms with E-state index < -0.39 is 16.4 Å². The van der Waals surface area contributed by atoms with Crippen LogP contribution in [0.25, 0.3) is 10.8 Å². The quantitative estimate of drug-likeness (QED) is 0.558. The molecular weight excluding hydrogens is 392 g/mol. The molecule has 1 aliphatic rings. The zero-order chi connectivity index (χ0) is 20.4. The number of pyridine rings is 2. The van der Waals surface area contributed by atoms with E-state index in [1.807, 2.05) is 12.1 Å². The number of hydrogen-bond donors (Lipinski definition) is 3. The smallest absolute Gasteiger partial charge is 0.180 e. The van der Waals surface area contributed by atoms with Gasteiger partial charge in [0.2, 0.25) is 0 Å². The molecule has 1 unspecified atom stereocenters. The number of fused-ring (bicyclic) bond motifs is 1. The minimum absolute atomic E-state index is 0.169. The van der Waals surface area contributed by atoms with Crippen LogP contribution in [0.4, 0.5) is 17.3 Å². The normalized spacial score (nSPS) is 17.0. The molecule has 29 heavy (non-hydrogen) atoms. The molecule has 1 atom stereocenters. The molecule has 0 spiro atoms. The molecule has 0 amide bonds. The summed E-state index contributed by atoms with van der Waals surface area (Å²) in [4.78, 5) is 11.2. The third-order valence-corrected chi connectivity index (χ3v) is 6.65. The van der Waals surface area contributed by atoms with E-state index >= 15 is 0 Å². The summed E-state index contributed by atoms with van der Waals surface area (Å²) in [5.41, 5.74) is 0.696. The molecule has 3 aromatic rings. The van der Waals surface area contributed by atoms with Gasteiger partial charge in [0.25, 0.3) is 0 Å². The van der Waals surface area contributed by atoms with Crippen molar-refractivity contribution < 1.29 is 18.6 Å². The number of β-amino-alcohol motifs (C(OH)–C–C–N with tert-alkyl or cyclic N) is 1. The molecule has 1 saturated heterocycles. The van der Waals surface area contributed by atoms with Gasteiger partial charge in [0.15, 0.2) is 9.84 Å². The van der Waals surface area contributed by atoms with Gasteiger partial charge in [-0.15, -0.1) is 0 Å². The third-order valence-electron chi connectivity index (χ3n) is 4.94. The molecule has 1 aromatic carbocycles. The first-order chi connectivity index (χ1) is 14.0. The fraction of sp³-hybridized carbons (Fsp3) is 0.300. The number of anilines is 3. The van der Waals surface area contributed by atoms with Crippen LogP contribution in [0.15, 0.2) is 53.7 Å². The Morgan fingerprint density at radius 2 is 1.97 bits per heavy atom. The summed E-state index contributed by atoms with van der Waals surface area (Å²) in [7, 11) is -3.48. The van der Waals surface area contributed by atoms with Crippen LogP contribution in [0.3, 0.4) is 0 Å². The highest BCUT2D eigenvalue weighted by atomic mass is 32.2. The van der Waals surface area contributed by atoms with Crippen LogP contribution in [0, 0.1) is 0 Å². The van der Waals surface area contributed by atoms with Crippen LogP contribution in [-0.2, 0) is 9.84 Å². The summed E-state index contributed by atoms with van der Waals surface area (Å²) in [5.74, 6) is 1.12. The summed E-state index contributed by atoms with van der Waals surface area (Å²) in [6, 6.07) is 10.1. The number of nitrogens with one attached hydrogen (secondary N) is 1. The van der Waals surface area contributed by atoms with Crippen molar-refractivity contribution in [2.45, 2.75) is 17.4 Å². The first-order valence-corrected chi connectivity index (χ1v) is 11.0. The lowest BCUT2D eigenvalue weighted by Crippen LogP contribution is -2.22. The molecule has 1 aliphatic heterocycles. The van der Waals surface area contributed by atoms with Crippen LogP contribution in [0.2, 0.25) is 0 Å².